The van der Waals surface area contributed by atoms with Gasteiger partial charge in [0.25, 0.3) is 0 Å². The molecule has 3 rings (SSSR count). The van der Waals surface area contributed by atoms with Crippen molar-refractivity contribution in [3.63, 3.8) is 0 Å². The van der Waals surface area contributed by atoms with Gasteiger partial charge in [-0.3, -0.25) is 10.0 Å². The van der Waals surface area contributed by atoms with E-state index in [0.717, 1.165) is 51.0 Å². The highest BCUT2D eigenvalue weighted by Gasteiger charge is 2.19. The summed E-state index contributed by atoms with van der Waals surface area (Å²) in [5.41, 5.74) is 8.82. The maximum atomic E-state index is 14.2. The van der Waals surface area contributed by atoms with Crippen LogP contribution < -0.4 is 20.9 Å². The quantitative estimate of drug-likeness (QED) is 0.261. The van der Waals surface area contributed by atoms with Gasteiger partial charge in [-0.1, -0.05) is 18.9 Å². The molecule has 2 aromatic rings. The highest BCUT2D eigenvalue weighted by molar-refractivity contribution is 5.85. The molecule has 10 heteroatoms. The van der Waals surface area contributed by atoms with Gasteiger partial charge in [-0.15, -0.1) is 12.4 Å². The Balaban J connectivity index is 0.00000408. The van der Waals surface area contributed by atoms with Crippen molar-refractivity contribution in [2.45, 2.75) is 51.0 Å². The maximum absolute atomic E-state index is 14.2. The molecule has 1 aromatic heterocycles. The lowest BCUT2D eigenvalue weighted by Gasteiger charge is -2.31. The molecule has 34 heavy (non-hydrogen) atoms. The van der Waals surface area contributed by atoms with Crippen molar-refractivity contribution in [2.24, 2.45) is 5.73 Å². The Bertz CT molecular complexity index is 993. The molecule has 0 saturated carbocycles. The first kappa shape index (κ1) is 27.3. The molecule has 0 spiro atoms. The Kier molecular flexibility index (Phi) is 11.0. The molecule has 2 heterocycles. The summed E-state index contributed by atoms with van der Waals surface area (Å²) in [6.07, 6.45) is 5.34. The number of hydrogen-bond acceptors (Lipinski definition) is 7. The molecule has 1 saturated heterocycles. The SMILES string of the molecule is Cl.N#Cc1ccc(-c2cc(OCCCCCCC(=O)NO)cc(N3CCC(N)CC3)n2)cc1F. The van der Waals surface area contributed by atoms with E-state index < -0.39 is 5.82 Å². The third-order valence-corrected chi connectivity index (χ3v) is 5.73. The van der Waals surface area contributed by atoms with Crippen LogP contribution in [-0.2, 0) is 4.79 Å². The number of nitrogens with one attached hydrogen (secondary N) is 1. The van der Waals surface area contributed by atoms with E-state index in [1.807, 2.05) is 12.1 Å². The van der Waals surface area contributed by atoms with Crippen molar-refractivity contribution in [1.82, 2.24) is 10.5 Å². The van der Waals surface area contributed by atoms with Crippen molar-refractivity contribution >= 4 is 24.1 Å². The van der Waals surface area contributed by atoms with E-state index in [2.05, 4.69) is 4.90 Å². The maximum Gasteiger partial charge on any atom is 0.243 e. The average molecular weight is 492 g/mol. The highest BCUT2D eigenvalue weighted by Crippen LogP contribution is 2.29. The third-order valence-electron chi connectivity index (χ3n) is 5.73. The van der Waals surface area contributed by atoms with Gasteiger partial charge in [0.2, 0.25) is 5.91 Å². The number of carbonyl (C=O) groups excluding carboxylic acids is 1. The van der Waals surface area contributed by atoms with Crippen LogP contribution in [0, 0.1) is 17.1 Å². The van der Waals surface area contributed by atoms with Gasteiger partial charge in [0.15, 0.2) is 0 Å². The van der Waals surface area contributed by atoms with Gasteiger partial charge in [0.1, 0.15) is 23.5 Å². The molecule has 0 bridgehead atoms. The van der Waals surface area contributed by atoms with E-state index in [4.69, 9.17) is 25.9 Å². The number of nitrogens with two attached hydrogens (primary N) is 1. The number of pyridine rings is 1. The smallest absolute Gasteiger partial charge is 0.243 e. The summed E-state index contributed by atoms with van der Waals surface area (Å²) in [5.74, 6) is 0.452. The molecule has 1 aromatic carbocycles. The van der Waals surface area contributed by atoms with Gasteiger partial charge in [-0.2, -0.15) is 5.26 Å². The minimum absolute atomic E-state index is 0. The molecule has 1 aliphatic rings. The predicted octanol–water partition coefficient (Wildman–Crippen LogP) is 3.94. The normalized spacial score (nSPS) is 13.6. The van der Waals surface area contributed by atoms with Crippen LogP contribution in [0.2, 0.25) is 0 Å². The number of hydroxylamine groups is 1. The van der Waals surface area contributed by atoms with E-state index in [9.17, 15) is 9.18 Å². The fourth-order valence-electron chi connectivity index (χ4n) is 3.77. The number of ether oxygens (including phenoxy) is 1. The number of piperidine rings is 1. The summed E-state index contributed by atoms with van der Waals surface area (Å²) < 4.78 is 20.2. The minimum atomic E-state index is -0.580. The molecule has 1 amide bonds. The zero-order chi connectivity index (χ0) is 23.6. The second-order valence-corrected chi connectivity index (χ2v) is 8.22. The number of aromatic nitrogens is 1. The largest absolute Gasteiger partial charge is 0.493 e. The van der Waals surface area contributed by atoms with Crippen LogP contribution in [0.25, 0.3) is 11.3 Å². The van der Waals surface area contributed by atoms with Gasteiger partial charge in [-0.05, 0) is 37.8 Å². The monoisotopic (exact) mass is 491 g/mol. The van der Waals surface area contributed by atoms with Gasteiger partial charge in [0, 0.05) is 43.2 Å². The lowest BCUT2D eigenvalue weighted by atomic mass is 10.1. The summed E-state index contributed by atoms with van der Waals surface area (Å²) in [5, 5.41) is 17.5. The summed E-state index contributed by atoms with van der Waals surface area (Å²) in [6.45, 7) is 2.09. The van der Waals surface area contributed by atoms with Crippen LogP contribution in [-0.4, -0.2) is 41.8 Å². The van der Waals surface area contributed by atoms with Crippen molar-refractivity contribution in [2.75, 3.05) is 24.6 Å². The van der Waals surface area contributed by atoms with Crippen LogP contribution in [0.5, 0.6) is 5.75 Å². The number of amides is 1. The van der Waals surface area contributed by atoms with Crippen molar-refractivity contribution in [3.8, 4) is 23.1 Å². The lowest BCUT2D eigenvalue weighted by molar-refractivity contribution is -0.129. The first-order valence-corrected chi connectivity index (χ1v) is 11.3. The number of halogens is 2. The second kappa shape index (κ2) is 13.7. The first-order valence-electron chi connectivity index (χ1n) is 11.3. The zero-order valence-corrected chi connectivity index (χ0v) is 19.8. The Morgan fingerprint density at radius 1 is 1.24 bits per heavy atom. The van der Waals surface area contributed by atoms with Crippen LogP contribution in [0.1, 0.15) is 50.5 Å². The van der Waals surface area contributed by atoms with E-state index in [0.29, 0.717) is 36.5 Å². The number of nitrogens with zero attached hydrogens (tertiary/aromatic N) is 3. The molecular weight excluding hydrogens is 461 g/mol. The van der Waals surface area contributed by atoms with Crippen LogP contribution in [0.3, 0.4) is 0 Å². The molecule has 1 fully saturated rings. The summed E-state index contributed by atoms with van der Waals surface area (Å²) in [7, 11) is 0. The fraction of sp³-hybridized carbons (Fsp3) is 0.458. The second-order valence-electron chi connectivity index (χ2n) is 8.22. The lowest BCUT2D eigenvalue weighted by Crippen LogP contribution is -2.40. The minimum Gasteiger partial charge on any atom is -0.493 e. The molecule has 0 unspecified atom stereocenters. The standard InChI is InChI=1S/C24H30FN5O3.ClH/c25-21-13-17(6-7-18(21)16-26)22-14-20(33-12-4-2-1-3-5-24(31)29-32)15-23(28-22)30-10-8-19(27)9-11-30;/h6-7,13-15,19,32H,1-5,8-12,27H2,(H,29,31);1H. The summed E-state index contributed by atoms with van der Waals surface area (Å²) >= 11 is 0. The third kappa shape index (κ3) is 7.83. The molecule has 1 aliphatic heterocycles. The summed E-state index contributed by atoms with van der Waals surface area (Å²) in [6, 6.07) is 10.2. The molecule has 0 aliphatic carbocycles. The predicted molar refractivity (Wildman–Crippen MR) is 130 cm³/mol. The number of carbonyl (C=O) groups is 1. The zero-order valence-electron chi connectivity index (χ0n) is 19.0. The van der Waals surface area contributed by atoms with Crippen molar-refractivity contribution < 1.29 is 19.1 Å². The fourth-order valence-corrected chi connectivity index (χ4v) is 3.77. The van der Waals surface area contributed by atoms with Crippen LogP contribution in [0.15, 0.2) is 30.3 Å². The van der Waals surface area contributed by atoms with Gasteiger partial charge in [0.05, 0.1) is 17.9 Å². The van der Waals surface area contributed by atoms with E-state index >= 15 is 0 Å². The Morgan fingerprint density at radius 2 is 1.97 bits per heavy atom. The van der Waals surface area contributed by atoms with Gasteiger partial charge < -0.3 is 15.4 Å². The number of nitriles is 1. The highest BCUT2D eigenvalue weighted by atomic mass is 35.5. The number of hydrogen-bond donors (Lipinski definition) is 3. The average Bonchev–Trinajstić information content (AvgIpc) is 2.83. The molecular formula is C24H31ClFN5O3. The van der Waals surface area contributed by atoms with Gasteiger partial charge >= 0.3 is 0 Å². The van der Waals surface area contributed by atoms with Crippen molar-refractivity contribution in [3.05, 3.63) is 41.7 Å². The number of anilines is 1. The van der Waals surface area contributed by atoms with Crippen LogP contribution in [0.4, 0.5) is 10.2 Å². The van der Waals surface area contributed by atoms with Crippen molar-refractivity contribution in [1.29, 1.82) is 5.26 Å². The topological polar surface area (TPSA) is 124 Å². The van der Waals surface area contributed by atoms with E-state index in [-0.39, 0.29) is 29.9 Å². The van der Waals surface area contributed by atoms with Crippen LogP contribution >= 0.6 is 12.4 Å². The Morgan fingerprint density at radius 3 is 2.65 bits per heavy atom. The summed E-state index contributed by atoms with van der Waals surface area (Å²) in [4.78, 5) is 17.9. The first-order chi connectivity index (χ1) is 16.0. The van der Waals surface area contributed by atoms with E-state index in [1.165, 1.54) is 12.1 Å². The Labute approximate surface area is 205 Å². The Hall–Kier alpha value is -2.93. The number of rotatable bonds is 10. The molecule has 184 valence electrons. The van der Waals surface area contributed by atoms with E-state index in [1.54, 1.807) is 17.6 Å². The number of benzene rings is 1. The van der Waals surface area contributed by atoms with Gasteiger partial charge in [-0.25, -0.2) is 14.9 Å². The molecule has 0 atom stereocenters. The molecule has 8 nitrogen and oxygen atoms in total. The molecule has 0 radical (unpaired) electrons. The number of unbranched alkanes of at least 4 members (excludes halogenated alkanes) is 3. The molecule has 4 N–H and O–H groups in total.